The van der Waals surface area contributed by atoms with Crippen molar-refractivity contribution < 1.29 is 76.7 Å². The van der Waals surface area contributed by atoms with Gasteiger partial charge in [0, 0.05) is 67.3 Å². The molecule has 13 rings (SSSR count). The van der Waals surface area contributed by atoms with Crippen molar-refractivity contribution in [3.8, 4) is 51.3 Å². The number of para-hydroxylation sites is 1. The minimum atomic E-state index is -1.48. The number of aliphatic hydroxyl groups is 1. The van der Waals surface area contributed by atoms with Crippen molar-refractivity contribution in [2.75, 3.05) is 87.4 Å². The standard InChI is InChI=1S/C80H89N13O16S/c1-46(2)71(86-69(96)41-83-68(95)40-82-67(94)27-28-70(97)90-42-50-15-9-10-16-55(50)72-73(93(110-7)88-87-72)56-17-11-12-18-60(56)90)75(99)84-47(3)74(98)85-52-23-19-48(20-24-52)44-109-79(103)92-61-37-66(64(106-6)35-58(61)77(101)91-45-80(29-30-80)38-62(91)78(92)102)108-32-14-8-13-31-107-65-36-59-57(34-63(65)105-5)76(100)89-43-51(33-53(89)39-81-59)49-21-25-54(104-4)26-22-49/h9-12,15-26,34-37,43,46-47,53,62,71,78,81,102H,8,13-14,27-33,38-42,44-45H2,1-7H3,(H,82,94)(H,83,95)(H,84,99)(H,85,98)(H,86,96)/t47-,53-,62-,71-,78?/m0/s1. The Labute approximate surface area is 640 Å². The maximum Gasteiger partial charge on any atom is 0.416 e. The van der Waals surface area contributed by atoms with Crippen LogP contribution in [0.4, 0.5) is 27.5 Å². The minimum absolute atomic E-state index is 0.0776. The Kier molecular flexibility index (Phi) is 23.3. The van der Waals surface area contributed by atoms with E-state index in [1.807, 2.05) is 91.3 Å². The molecule has 5 aliphatic heterocycles. The first-order valence-electron chi connectivity index (χ1n) is 36.7. The number of nitrogens with one attached hydrogen (secondary N) is 6. The molecule has 1 spiro atoms. The molecule has 6 aliphatic rings. The van der Waals surface area contributed by atoms with Gasteiger partial charge in [0.1, 0.15) is 35.8 Å². The maximum absolute atomic E-state index is 14.5. The van der Waals surface area contributed by atoms with Gasteiger partial charge in [-0.05, 0) is 140 Å². The van der Waals surface area contributed by atoms with Crippen LogP contribution in [0.3, 0.4) is 0 Å². The number of carbonyl (C=O) groups excluding carboxylic acids is 9. The third-order valence-corrected chi connectivity index (χ3v) is 21.4. The normalized spacial score (nSPS) is 17.4. The monoisotopic (exact) mass is 1520 g/mol. The predicted molar refractivity (Wildman–Crippen MR) is 410 cm³/mol. The Bertz CT molecular complexity index is 4720. The molecule has 1 saturated heterocycles. The number of hydrogen-bond donors (Lipinski definition) is 7. The van der Waals surface area contributed by atoms with Crippen molar-refractivity contribution in [2.24, 2.45) is 11.3 Å². The Morgan fingerprint density at radius 3 is 2.08 bits per heavy atom. The third-order valence-electron chi connectivity index (χ3n) is 20.8. The van der Waals surface area contributed by atoms with E-state index in [2.05, 4.69) is 42.2 Å². The summed E-state index contributed by atoms with van der Waals surface area (Å²) in [5, 5.41) is 37.5. The predicted octanol–water partition coefficient (Wildman–Crippen LogP) is 8.69. The summed E-state index contributed by atoms with van der Waals surface area (Å²) in [4.78, 5) is 129. The van der Waals surface area contributed by atoms with Crippen LogP contribution in [0.25, 0.3) is 28.1 Å². The highest BCUT2D eigenvalue weighted by Gasteiger charge is 2.58. The smallest absolute Gasteiger partial charge is 0.416 e. The zero-order valence-corrected chi connectivity index (χ0v) is 63.0. The topological polar surface area (TPSA) is 345 Å². The fourth-order valence-electron chi connectivity index (χ4n) is 14.6. The minimum Gasteiger partial charge on any atom is -0.497 e. The number of hydrogen-bond acceptors (Lipinski definition) is 20. The lowest BCUT2D eigenvalue weighted by molar-refractivity contribution is -0.132. The molecule has 7 N–H and O–H groups in total. The van der Waals surface area contributed by atoms with Crippen molar-refractivity contribution in [3.05, 3.63) is 155 Å². The average molecular weight is 1520 g/mol. The van der Waals surface area contributed by atoms with Gasteiger partial charge in [-0.2, -0.15) is 4.09 Å². The van der Waals surface area contributed by atoms with Crippen LogP contribution in [-0.4, -0.2) is 180 Å². The van der Waals surface area contributed by atoms with Gasteiger partial charge in [-0.1, -0.05) is 85.8 Å². The van der Waals surface area contributed by atoms with Crippen molar-refractivity contribution in [1.82, 2.24) is 45.5 Å². The molecule has 2 fully saturated rings. The Hall–Kier alpha value is -11.7. The lowest BCUT2D eigenvalue weighted by Crippen LogP contribution is -2.55. The number of benzene rings is 6. The number of unbranched alkanes of at least 4 members (excludes halogenated alkanes) is 2. The van der Waals surface area contributed by atoms with Crippen LogP contribution in [0.15, 0.2) is 128 Å². The van der Waals surface area contributed by atoms with E-state index in [0.717, 1.165) is 57.0 Å². The Balaban J connectivity index is 0.557. The van der Waals surface area contributed by atoms with Crippen LogP contribution in [0, 0.1) is 11.3 Å². The second-order valence-electron chi connectivity index (χ2n) is 28.5. The Morgan fingerprint density at radius 1 is 0.700 bits per heavy atom. The molecule has 0 bridgehead atoms. The summed E-state index contributed by atoms with van der Waals surface area (Å²) in [6.45, 7) is 5.34. The second kappa shape index (κ2) is 33.5. The number of ether oxygens (including phenoxy) is 6. The number of aliphatic hydroxyl groups excluding tert-OH is 1. The van der Waals surface area contributed by atoms with Gasteiger partial charge >= 0.3 is 6.09 Å². The van der Waals surface area contributed by atoms with Crippen molar-refractivity contribution in [2.45, 2.75) is 122 Å². The third kappa shape index (κ3) is 16.6. The number of anilines is 4. The molecule has 5 atom stereocenters. The summed E-state index contributed by atoms with van der Waals surface area (Å²) in [6, 6.07) is 32.9. The van der Waals surface area contributed by atoms with E-state index in [1.165, 1.54) is 45.2 Å². The van der Waals surface area contributed by atoms with Crippen molar-refractivity contribution in [3.63, 3.8) is 0 Å². The first kappa shape index (κ1) is 76.5. The summed E-state index contributed by atoms with van der Waals surface area (Å²) >= 11 is 1.37. The molecule has 1 aromatic heterocycles. The van der Waals surface area contributed by atoms with Crippen molar-refractivity contribution >= 4 is 93.6 Å². The number of amides is 9. The van der Waals surface area contributed by atoms with E-state index in [0.29, 0.717) is 97.2 Å². The summed E-state index contributed by atoms with van der Waals surface area (Å²) in [5.74, 6) is -2.29. The van der Waals surface area contributed by atoms with Gasteiger partial charge in [0.05, 0.1) is 94.5 Å². The van der Waals surface area contributed by atoms with Gasteiger partial charge in [-0.3, -0.25) is 38.4 Å². The summed E-state index contributed by atoms with van der Waals surface area (Å²) < 4.78 is 37.0. The van der Waals surface area contributed by atoms with Crippen LogP contribution in [-0.2, 0) is 46.7 Å². The molecule has 110 heavy (non-hydrogen) atoms. The van der Waals surface area contributed by atoms with Crippen LogP contribution in [0.1, 0.15) is 116 Å². The highest BCUT2D eigenvalue weighted by Crippen LogP contribution is 2.57. The molecule has 30 heteroatoms. The van der Waals surface area contributed by atoms with E-state index in [-0.39, 0.29) is 84.5 Å². The van der Waals surface area contributed by atoms with Crippen LogP contribution in [0.5, 0.6) is 28.7 Å². The fraction of sp³-hybridized carbons (Fsp3) is 0.388. The van der Waals surface area contributed by atoms with Gasteiger partial charge < -0.3 is 80.1 Å². The molecule has 6 heterocycles. The molecule has 29 nitrogen and oxygen atoms in total. The molecule has 9 amide bonds. The molecule has 1 unspecified atom stereocenters. The highest BCUT2D eigenvalue weighted by molar-refractivity contribution is 7.97. The number of carbonyl (C=O) groups is 9. The van der Waals surface area contributed by atoms with E-state index in [9.17, 15) is 48.3 Å². The van der Waals surface area contributed by atoms with E-state index < -0.39 is 79.0 Å². The number of aromatic nitrogens is 3. The van der Waals surface area contributed by atoms with E-state index >= 15 is 0 Å². The first-order valence-corrected chi connectivity index (χ1v) is 37.9. The molecule has 576 valence electrons. The van der Waals surface area contributed by atoms with Crippen LogP contribution >= 0.6 is 11.9 Å². The maximum atomic E-state index is 14.5. The quantitative estimate of drug-likeness (QED) is 0.0225. The molecule has 1 saturated carbocycles. The molecule has 1 aliphatic carbocycles. The molecule has 6 aromatic carbocycles. The van der Waals surface area contributed by atoms with Crippen LogP contribution < -0.4 is 65.4 Å². The van der Waals surface area contributed by atoms with E-state index in [4.69, 9.17) is 28.4 Å². The lowest BCUT2D eigenvalue weighted by Gasteiger charge is -2.31. The van der Waals surface area contributed by atoms with Crippen molar-refractivity contribution in [1.29, 1.82) is 0 Å². The van der Waals surface area contributed by atoms with Gasteiger partial charge in [-0.15, -0.1) is 5.10 Å². The summed E-state index contributed by atoms with van der Waals surface area (Å²) in [6.07, 6.45) is 5.90. The van der Waals surface area contributed by atoms with Crippen LogP contribution in [0.2, 0.25) is 0 Å². The fourth-order valence-corrected chi connectivity index (χ4v) is 15.0. The van der Waals surface area contributed by atoms with Gasteiger partial charge in [0.2, 0.25) is 35.4 Å². The molecule has 7 aromatic rings. The summed E-state index contributed by atoms with van der Waals surface area (Å²) in [7, 11) is 4.62. The lowest BCUT2D eigenvalue weighted by atomic mass is 9.95. The summed E-state index contributed by atoms with van der Waals surface area (Å²) in [5.41, 5.74) is 8.66. The van der Waals surface area contributed by atoms with Gasteiger partial charge in [0.25, 0.3) is 11.8 Å². The number of nitrogens with zero attached hydrogens (tertiary/aromatic N) is 7. The van der Waals surface area contributed by atoms with E-state index in [1.54, 1.807) is 70.1 Å². The molecule has 0 radical (unpaired) electrons. The Morgan fingerprint density at radius 2 is 1.38 bits per heavy atom. The zero-order valence-electron chi connectivity index (χ0n) is 62.2. The largest absolute Gasteiger partial charge is 0.497 e. The highest BCUT2D eigenvalue weighted by atomic mass is 32.2. The first-order chi connectivity index (χ1) is 53.1. The zero-order chi connectivity index (χ0) is 77.5. The second-order valence-corrected chi connectivity index (χ2v) is 29.2. The number of rotatable bonds is 28. The SMILES string of the molecule is COc1ccc(C2=CN3C(=O)c4cc(OC)c(OCCCCCOc5cc6c(cc5OC)C(=O)N5CC7(CC7)C[C@H]5C(O)N6C(=O)OCc5ccc(NC(=O)[C@H](C)NC(=O)[C@@H](NC(=O)CNC(=O)CNC(=O)CCC(=O)N6Cc7ccccc7-c7nnn(SC)c7-c7ccccc76)C(C)C)cc5)cc4NC[C@@H]3C2)cc1. The van der Waals surface area contributed by atoms with Gasteiger partial charge in [-0.25, -0.2) is 9.69 Å². The molecular weight excluding hydrogens is 1430 g/mol. The average Bonchev–Trinajstić information content (AvgIpc) is 1.57. The van der Waals surface area contributed by atoms with Gasteiger partial charge in [0.15, 0.2) is 29.2 Å². The number of fused-ring (bicyclic) bond motifs is 9. The number of methoxy groups -OCH3 is 3. The molecular formula is C80H89N13O16S.